The van der Waals surface area contributed by atoms with E-state index in [9.17, 15) is 9.90 Å². The van der Waals surface area contributed by atoms with E-state index in [2.05, 4.69) is 4.58 Å². The summed E-state index contributed by atoms with van der Waals surface area (Å²) in [7, 11) is 1.90. The Morgan fingerprint density at radius 3 is 2.35 bits per heavy atom. The largest absolute Gasteiger partial charge is 0.346 e. The van der Waals surface area contributed by atoms with Gasteiger partial charge in [-0.3, -0.25) is 14.1 Å². The highest BCUT2D eigenvalue weighted by Gasteiger charge is 2.56. The molecule has 2 aromatic carbocycles. The van der Waals surface area contributed by atoms with Crippen molar-refractivity contribution in [3.63, 3.8) is 0 Å². The van der Waals surface area contributed by atoms with Crippen molar-refractivity contribution in [2.45, 2.75) is 38.3 Å². The van der Waals surface area contributed by atoms with Crippen LogP contribution < -0.4 is 10.5 Å². The Kier molecular flexibility index (Phi) is 4.82. The lowest BCUT2D eigenvalue weighted by Crippen LogP contribution is -2.49. The maximum Gasteiger partial charge on any atom is 0.318 e. The first-order valence-electron chi connectivity index (χ1n) is 11.1. The van der Waals surface area contributed by atoms with Crippen LogP contribution >= 0.6 is 0 Å². The van der Waals surface area contributed by atoms with Crippen LogP contribution in [0, 0.1) is 6.92 Å². The van der Waals surface area contributed by atoms with E-state index in [0.717, 1.165) is 48.6 Å². The smallest absolute Gasteiger partial charge is 0.318 e. The summed E-state index contributed by atoms with van der Waals surface area (Å²) >= 11 is 0. The topological polar surface area (TPSA) is 53.4 Å². The van der Waals surface area contributed by atoms with Crippen LogP contribution in [0.5, 0.6) is 0 Å². The average Bonchev–Trinajstić information content (AvgIpc) is 3.06. The van der Waals surface area contributed by atoms with Gasteiger partial charge in [-0.1, -0.05) is 48.5 Å². The molecule has 2 aliphatic heterocycles. The van der Waals surface area contributed by atoms with Gasteiger partial charge in [-0.15, -0.1) is 0 Å². The van der Waals surface area contributed by atoms with Crippen molar-refractivity contribution < 1.29 is 9.68 Å². The number of aliphatic hydroxyl groups is 1. The van der Waals surface area contributed by atoms with Crippen LogP contribution in [-0.2, 0) is 12.8 Å². The molecule has 31 heavy (non-hydrogen) atoms. The maximum absolute atomic E-state index is 13.8. The van der Waals surface area contributed by atoms with E-state index < -0.39 is 5.72 Å². The van der Waals surface area contributed by atoms with Gasteiger partial charge in [0.1, 0.15) is 0 Å². The van der Waals surface area contributed by atoms with Crippen molar-refractivity contribution in [3.05, 3.63) is 82.3 Å². The maximum atomic E-state index is 13.8. The van der Waals surface area contributed by atoms with E-state index in [1.54, 1.807) is 4.68 Å². The standard InChI is InChI=1S/C25H29N4O2/c1-19-23(24(30)29(26(19)2)21-14-8-4-9-15-21)28-22-16-10-5-11-17-27(22)18-25(28,31)20-12-6-3-7-13-20/h3-4,6-9,12-15,31H,5,10-11,16-18H2,1-2H3/q+1/t25-/m1/s1. The molecule has 1 N–H and O–H groups in total. The SMILES string of the molecule is Cc1c(N2C3=[N+](CCCCC3)C[C@@]2(O)c2ccccc2)c(=O)n(-c2ccccc2)n1C. The van der Waals surface area contributed by atoms with E-state index in [-0.39, 0.29) is 5.56 Å². The molecule has 1 atom stereocenters. The molecule has 160 valence electrons. The fourth-order valence-electron chi connectivity index (χ4n) is 5.07. The highest BCUT2D eigenvalue weighted by molar-refractivity contribution is 5.97. The molecule has 0 aliphatic carbocycles. The predicted octanol–water partition coefficient (Wildman–Crippen LogP) is 3.13. The molecule has 0 saturated carbocycles. The Bertz CT molecular complexity index is 1190. The van der Waals surface area contributed by atoms with Gasteiger partial charge < -0.3 is 5.11 Å². The summed E-state index contributed by atoms with van der Waals surface area (Å²) in [4.78, 5) is 15.8. The number of benzene rings is 2. The number of hydrogen-bond donors (Lipinski definition) is 1. The Morgan fingerprint density at radius 1 is 0.968 bits per heavy atom. The summed E-state index contributed by atoms with van der Waals surface area (Å²) in [6.45, 7) is 3.33. The molecule has 0 amide bonds. The summed E-state index contributed by atoms with van der Waals surface area (Å²) in [5, 5.41) is 12.1. The Morgan fingerprint density at radius 2 is 1.65 bits per heavy atom. The highest BCUT2D eigenvalue weighted by atomic mass is 16.3. The first-order chi connectivity index (χ1) is 15.0. The third-order valence-electron chi connectivity index (χ3n) is 6.72. The third-order valence-corrected chi connectivity index (χ3v) is 6.72. The van der Waals surface area contributed by atoms with Gasteiger partial charge in [0.05, 0.1) is 17.9 Å². The summed E-state index contributed by atoms with van der Waals surface area (Å²) < 4.78 is 5.85. The zero-order chi connectivity index (χ0) is 21.6. The van der Waals surface area contributed by atoms with Crippen LogP contribution in [-0.4, -0.2) is 38.0 Å². The average molecular weight is 418 g/mol. The number of para-hydroxylation sites is 1. The Hall–Kier alpha value is -3.12. The molecule has 2 aliphatic rings. The molecule has 3 heterocycles. The molecule has 5 rings (SSSR count). The van der Waals surface area contributed by atoms with E-state index in [1.807, 2.05) is 84.2 Å². The predicted molar refractivity (Wildman–Crippen MR) is 122 cm³/mol. The fraction of sp³-hybridized carbons (Fsp3) is 0.360. The number of aromatic nitrogens is 2. The summed E-state index contributed by atoms with van der Waals surface area (Å²) in [6.07, 6.45) is 4.18. The quantitative estimate of drug-likeness (QED) is 0.666. The first-order valence-corrected chi connectivity index (χ1v) is 11.1. The number of nitrogens with zero attached hydrogens (tertiary/aromatic N) is 4. The van der Waals surface area contributed by atoms with E-state index in [4.69, 9.17) is 0 Å². The molecule has 1 aromatic heterocycles. The molecule has 0 fully saturated rings. The lowest BCUT2D eigenvalue weighted by atomic mass is 10.00. The summed E-state index contributed by atoms with van der Waals surface area (Å²) in [5.74, 6) is 1.05. The summed E-state index contributed by atoms with van der Waals surface area (Å²) in [5.41, 5.74) is 1.62. The van der Waals surface area contributed by atoms with Crippen molar-refractivity contribution in [2.24, 2.45) is 7.05 Å². The van der Waals surface area contributed by atoms with Crippen LogP contribution in [0.1, 0.15) is 36.9 Å². The van der Waals surface area contributed by atoms with Crippen molar-refractivity contribution in [3.8, 4) is 5.69 Å². The Balaban J connectivity index is 1.75. The van der Waals surface area contributed by atoms with Gasteiger partial charge in [-0.05, 0) is 38.3 Å². The fourth-order valence-corrected chi connectivity index (χ4v) is 5.07. The molecular weight excluding hydrogens is 388 g/mol. The van der Waals surface area contributed by atoms with Crippen molar-refractivity contribution in [1.29, 1.82) is 0 Å². The molecule has 0 unspecified atom stereocenters. The van der Waals surface area contributed by atoms with Gasteiger partial charge in [-0.25, -0.2) is 4.68 Å². The zero-order valence-electron chi connectivity index (χ0n) is 18.2. The van der Waals surface area contributed by atoms with Gasteiger partial charge in [0.15, 0.2) is 6.54 Å². The number of rotatable bonds is 3. The molecule has 3 aromatic rings. The lowest BCUT2D eigenvalue weighted by Gasteiger charge is -2.28. The second-order valence-electron chi connectivity index (χ2n) is 8.58. The van der Waals surface area contributed by atoms with Crippen LogP contribution in [0.25, 0.3) is 5.69 Å². The minimum Gasteiger partial charge on any atom is -0.346 e. The van der Waals surface area contributed by atoms with Gasteiger partial charge in [0, 0.05) is 19.0 Å². The van der Waals surface area contributed by atoms with Crippen molar-refractivity contribution >= 4 is 11.5 Å². The second kappa shape index (κ2) is 7.54. The van der Waals surface area contributed by atoms with Gasteiger partial charge in [0.25, 0.3) is 11.6 Å². The monoisotopic (exact) mass is 417 g/mol. The Labute approximate surface area is 182 Å². The number of hydrogen-bond acceptors (Lipinski definition) is 3. The van der Waals surface area contributed by atoms with Crippen molar-refractivity contribution in [2.75, 3.05) is 18.0 Å². The molecule has 0 radical (unpaired) electrons. The van der Waals surface area contributed by atoms with Gasteiger partial charge in [0.2, 0.25) is 5.69 Å². The van der Waals surface area contributed by atoms with Crippen LogP contribution in [0.15, 0.2) is 65.5 Å². The minimum atomic E-state index is -1.28. The molecule has 0 saturated heterocycles. The van der Waals surface area contributed by atoms with E-state index in [0.29, 0.717) is 12.2 Å². The first kappa shape index (κ1) is 19.8. The van der Waals surface area contributed by atoms with Crippen LogP contribution in [0.4, 0.5) is 5.69 Å². The van der Waals surface area contributed by atoms with E-state index >= 15 is 0 Å². The molecule has 0 bridgehead atoms. The number of anilines is 1. The van der Waals surface area contributed by atoms with E-state index in [1.165, 1.54) is 6.42 Å². The molecule has 6 heteroatoms. The van der Waals surface area contributed by atoms with Gasteiger partial charge in [-0.2, -0.15) is 4.90 Å². The third kappa shape index (κ3) is 3.05. The molecular formula is C25H29N4O2+. The lowest BCUT2D eigenvalue weighted by molar-refractivity contribution is -0.534. The normalized spacial score (nSPS) is 21.3. The summed E-state index contributed by atoms with van der Waals surface area (Å²) in [6, 6.07) is 19.4. The minimum absolute atomic E-state index is 0.112. The zero-order valence-corrected chi connectivity index (χ0v) is 18.2. The van der Waals surface area contributed by atoms with Crippen molar-refractivity contribution in [1.82, 2.24) is 9.36 Å². The van der Waals surface area contributed by atoms with Crippen LogP contribution in [0.3, 0.4) is 0 Å². The van der Waals surface area contributed by atoms with Gasteiger partial charge >= 0.3 is 5.56 Å². The molecule has 0 spiro atoms. The van der Waals surface area contributed by atoms with Crippen LogP contribution in [0.2, 0.25) is 0 Å². The highest BCUT2D eigenvalue weighted by Crippen LogP contribution is 2.38. The number of amidine groups is 1. The second-order valence-corrected chi connectivity index (χ2v) is 8.58. The molecule has 6 nitrogen and oxygen atoms in total.